The van der Waals surface area contributed by atoms with Crippen LogP contribution < -0.4 is 10.2 Å². The van der Waals surface area contributed by atoms with E-state index in [1.165, 1.54) is 30.3 Å². The average Bonchev–Trinajstić information content (AvgIpc) is 2.56. The highest BCUT2D eigenvalue weighted by Crippen LogP contribution is 2.28. The van der Waals surface area contributed by atoms with E-state index in [0.717, 1.165) is 11.8 Å². The molecule has 1 amide bonds. The van der Waals surface area contributed by atoms with Crippen LogP contribution in [0.3, 0.4) is 0 Å². The molecule has 1 aliphatic heterocycles. The summed E-state index contributed by atoms with van der Waals surface area (Å²) in [6, 6.07) is 9.61. The highest BCUT2D eigenvalue weighted by molar-refractivity contribution is 6.06. The molecular formula is C17H16F2N2O2. The Balaban J connectivity index is 1.86. The first-order valence-corrected chi connectivity index (χ1v) is 7.32. The molecule has 1 heterocycles. The van der Waals surface area contributed by atoms with Crippen molar-refractivity contribution in [2.45, 2.75) is 0 Å². The number of anilines is 2. The molecule has 120 valence electrons. The molecule has 1 fully saturated rings. The predicted molar refractivity (Wildman–Crippen MR) is 83.8 cm³/mol. The molecule has 1 aliphatic rings. The third-order valence-corrected chi connectivity index (χ3v) is 3.65. The summed E-state index contributed by atoms with van der Waals surface area (Å²) in [5.74, 6) is -1.42. The van der Waals surface area contributed by atoms with E-state index in [-0.39, 0.29) is 5.56 Å². The average molecular weight is 318 g/mol. The zero-order valence-corrected chi connectivity index (χ0v) is 12.4. The number of halogens is 2. The standard InChI is InChI=1S/C17H16F2N2O2/c18-13-3-1-2-12(10-13)17(22)20-15-11-14(19)4-5-16(15)21-6-8-23-9-7-21/h1-5,10-11H,6-9H2,(H,20,22). The van der Waals surface area contributed by atoms with Crippen LogP contribution >= 0.6 is 0 Å². The quantitative estimate of drug-likeness (QED) is 0.946. The number of amides is 1. The molecule has 0 spiro atoms. The van der Waals surface area contributed by atoms with Gasteiger partial charge in [0.2, 0.25) is 0 Å². The fraction of sp³-hybridized carbons (Fsp3) is 0.235. The van der Waals surface area contributed by atoms with Crippen LogP contribution in [-0.2, 0) is 4.74 Å². The monoisotopic (exact) mass is 318 g/mol. The van der Waals surface area contributed by atoms with E-state index < -0.39 is 17.5 Å². The Kier molecular flexibility index (Phi) is 4.52. The highest BCUT2D eigenvalue weighted by atomic mass is 19.1. The highest BCUT2D eigenvalue weighted by Gasteiger charge is 2.17. The van der Waals surface area contributed by atoms with Gasteiger partial charge in [0.25, 0.3) is 5.91 Å². The van der Waals surface area contributed by atoms with Crippen molar-refractivity contribution in [3.8, 4) is 0 Å². The first-order valence-electron chi connectivity index (χ1n) is 7.32. The van der Waals surface area contributed by atoms with E-state index in [9.17, 15) is 13.6 Å². The lowest BCUT2D eigenvalue weighted by atomic mass is 10.1. The third-order valence-electron chi connectivity index (χ3n) is 3.65. The van der Waals surface area contributed by atoms with E-state index in [1.54, 1.807) is 6.07 Å². The van der Waals surface area contributed by atoms with E-state index >= 15 is 0 Å². The number of carbonyl (C=O) groups is 1. The maximum atomic E-state index is 13.6. The van der Waals surface area contributed by atoms with Gasteiger partial charge in [-0.05, 0) is 36.4 Å². The minimum Gasteiger partial charge on any atom is -0.378 e. The summed E-state index contributed by atoms with van der Waals surface area (Å²) in [4.78, 5) is 14.3. The molecule has 4 nitrogen and oxygen atoms in total. The summed E-state index contributed by atoms with van der Waals surface area (Å²) in [6.07, 6.45) is 0. The van der Waals surface area contributed by atoms with Crippen molar-refractivity contribution in [1.29, 1.82) is 0 Å². The molecule has 0 aliphatic carbocycles. The molecule has 23 heavy (non-hydrogen) atoms. The van der Waals surface area contributed by atoms with Crippen LogP contribution in [-0.4, -0.2) is 32.2 Å². The van der Waals surface area contributed by atoms with E-state index in [2.05, 4.69) is 5.32 Å². The maximum Gasteiger partial charge on any atom is 0.255 e. The summed E-state index contributed by atoms with van der Waals surface area (Å²) >= 11 is 0. The number of nitrogens with zero attached hydrogens (tertiary/aromatic N) is 1. The lowest BCUT2D eigenvalue weighted by Crippen LogP contribution is -2.36. The number of hydrogen-bond acceptors (Lipinski definition) is 3. The Morgan fingerprint density at radius 2 is 1.78 bits per heavy atom. The first kappa shape index (κ1) is 15.4. The van der Waals surface area contributed by atoms with Crippen LogP contribution in [0.5, 0.6) is 0 Å². The molecule has 1 saturated heterocycles. The van der Waals surface area contributed by atoms with Gasteiger partial charge in [0.1, 0.15) is 11.6 Å². The van der Waals surface area contributed by atoms with Crippen LogP contribution in [0.4, 0.5) is 20.2 Å². The van der Waals surface area contributed by atoms with Crippen LogP contribution in [0.2, 0.25) is 0 Å². The molecule has 2 aromatic carbocycles. The van der Waals surface area contributed by atoms with Crippen molar-refractivity contribution in [3.05, 3.63) is 59.7 Å². The second-order valence-corrected chi connectivity index (χ2v) is 5.23. The third kappa shape index (κ3) is 3.65. The van der Waals surface area contributed by atoms with Crippen LogP contribution in [0.1, 0.15) is 10.4 Å². The van der Waals surface area contributed by atoms with E-state index in [1.807, 2.05) is 4.90 Å². The van der Waals surface area contributed by atoms with E-state index in [0.29, 0.717) is 32.0 Å². The molecule has 6 heteroatoms. The Morgan fingerprint density at radius 1 is 1.04 bits per heavy atom. The van der Waals surface area contributed by atoms with Gasteiger partial charge in [-0.1, -0.05) is 6.07 Å². The number of nitrogens with one attached hydrogen (secondary N) is 1. The Morgan fingerprint density at radius 3 is 2.52 bits per heavy atom. The summed E-state index contributed by atoms with van der Waals surface area (Å²) in [5.41, 5.74) is 1.27. The van der Waals surface area contributed by atoms with Crippen LogP contribution in [0.25, 0.3) is 0 Å². The zero-order chi connectivity index (χ0) is 16.2. The lowest BCUT2D eigenvalue weighted by Gasteiger charge is -2.30. The van der Waals surface area contributed by atoms with Crippen molar-refractivity contribution in [3.63, 3.8) is 0 Å². The fourth-order valence-corrected chi connectivity index (χ4v) is 2.51. The molecule has 0 saturated carbocycles. The smallest absolute Gasteiger partial charge is 0.255 e. The minimum absolute atomic E-state index is 0.183. The molecular weight excluding hydrogens is 302 g/mol. The van der Waals surface area contributed by atoms with Crippen molar-refractivity contribution in [2.24, 2.45) is 0 Å². The fourth-order valence-electron chi connectivity index (χ4n) is 2.51. The van der Waals surface area contributed by atoms with Gasteiger partial charge in [-0.25, -0.2) is 8.78 Å². The Bertz CT molecular complexity index is 715. The van der Waals surface area contributed by atoms with Crippen LogP contribution in [0, 0.1) is 11.6 Å². The Hall–Kier alpha value is -2.47. The summed E-state index contributed by atoms with van der Waals surface area (Å²) in [6.45, 7) is 2.48. The summed E-state index contributed by atoms with van der Waals surface area (Å²) in [5, 5.41) is 2.66. The summed E-state index contributed by atoms with van der Waals surface area (Å²) < 4.78 is 32.1. The topological polar surface area (TPSA) is 41.6 Å². The van der Waals surface area contributed by atoms with Crippen molar-refractivity contribution in [2.75, 3.05) is 36.5 Å². The van der Waals surface area contributed by atoms with Gasteiger partial charge in [-0.3, -0.25) is 4.79 Å². The number of ether oxygens (including phenoxy) is 1. The van der Waals surface area contributed by atoms with E-state index in [4.69, 9.17) is 4.74 Å². The Labute approximate surface area is 132 Å². The van der Waals surface area contributed by atoms with Gasteiger partial charge in [0.15, 0.2) is 0 Å². The molecule has 2 aromatic rings. The number of rotatable bonds is 3. The molecule has 0 radical (unpaired) electrons. The molecule has 1 N–H and O–H groups in total. The first-order chi connectivity index (χ1) is 11.1. The van der Waals surface area contributed by atoms with Gasteiger partial charge >= 0.3 is 0 Å². The molecule has 0 bridgehead atoms. The van der Waals surface area contributed by atoms with Gasteiger partial charge in [0.05, 0.1) is 24.6 Å². The van der Waals surface area contributed by atoms with Gasteiger partial charge in [0, 0.05) is 18.7 Å². The van der Waals surface area contributed by atoms with Crippen molar-refractivity contribution in [1.82, 2.24) is 0 Å². The normalized spacial score (nSPS) is 14.6. The number of hydrogen-bond donors (Lipinski definition) is 1. The minimum atomic E-state index is -0.495. The molecule has 0 unspecified atom stereocenters. The second kappa shape index (κ2) is 6.75. The largest absolute Gasteiger partial charge is 0.378 e. The molecule has 3 rings (SSSR count). The maximum absolute atomic E-state index is 13.6. The predicted octanol–water partition coefficient (Wildman–Crippen LogP) is 3.05. The number of carbonyl (C=O) groups excluding carboxylic acids is 1. The van der Waals surface area contributed by atoms with Crippen LogP contribution in [0.15, 0.2) is 42.5 Å². The van der Waals surface area contributed by atoms with Crippen molar-refractivity contribution >= 4 is 17.3 Å². The zero-order valence-electron chi connectivity index (χ0n) is 12.4. The van der Waals surface area contributed by atoms with Crippen molar-refractivity contribution < 1.29 is 18.3 Å². The molecule has 0 aromatic heterocycles. The second-order valence-electron chi connectivity index (χ2n) is 5.23. The number of morpholine rings is 1. The van der Waals surface area contributed by atoms with Gasteiger partial charge < -0.3 is 15.0 Å². The SMILES string of the molecule is O=C(Nc1cc(F)ccc1N1CCOCC1)c1cccc(F)c1. The lowest BCUT2D eigenvalue weighted by molar-refractivity contribution is 0.102. The van der Waals surface area contributed by atoms with Gasteiger partial charge in [-0.15, -0.1) is 0 Å². The summed E-state index contributed by atoms with van der Waals surface area (Å²) in [7, 11) is 0. The number of benzene rings is 2. The molecule has 0 atom stereocenters. The van der Waals surface area contributed by atoms with Gasteiger partial charge in [-0.2, -0.15) is 0 Å².